The molecule has 0 unspecified atom stereocenters. The molecule has 0 saturated carbocycles. The van der Waals surface area contributed by atoms with Crippen LogP contribution in [0.5, 0.6) is 11.5 Å². The maximum absolute atomic E-state index is 5.21. The first-order chi connectivity index (χ1) is 5.27. The molecular weight excluding hydrogens is 140 g/mol. The average molecular weight is 150 g/mol. The Morgan fingerprint density at radius 3 is 1.91 bits per heavy atom. The second-order valence-corrected chi connectivity index (χ2v) is 2.79. The number of ether oxygens (including phenoxy) is 2. The molecule has 0 bridgehead atoms. The van der Waals surface area contributed by atoms with E-state index in [4.69, 9.17) is 9.47 Å². The molecule has 0 spiro atoms. The Kier molecular flexibility index (Phi) is 1.28. The van der Waals surface area contributed by atoms with E-state index in [0.29, 0.717) is 6.79 Å². The quantitative estimate of drug-likeness (QED) is 0.563. The van der Waals surface area contributed by atoms with Gasteiger partial charge in [-0.05, 0) is 37.1 Å². The zero-order valence-electron chi connectivity index (χ0n) is 6.68. The van der Waals surface area contributed by atoms with Gasteiger partial charge in [0.05, 0.1) is 0 Å². The Hall–Kier alpha value is -1.18. The van der Waals surface area contributed by atoms with Gasteiger partial charge in [0, 0.05) is 0 Å². The van der Waals surface area contributed by atoms with Crippen molar-refractivity contribution in [3.05, 3.63) is 23.3 Å². The van der Waals surface area contributed by atoms with Gasteiger partial charge in [-0.25, -0.2) is 0 Å². The van der Waals surface area contributed by atoms with Crippen molar-refractivity contribution in [3.63, 3.8) is 0 Å². The predicted molar refractivity (Wildman–Crippen MR) is 42.0 cm³/mol. The summed E-state index contributed by atoms with van der Waals surface area (Å²) in [5.74, 6) is 1.74. The molecule has 1 aliphatic heterocycles. The number of rotatable bonds is 0. The normalized spacial score (nSPS) is 13.6. The Morgan fingerprint density at radius 1 is 1.00 bits per heavy atom. The molecule has 1 aromatic rings. The maximum atomic E-state index is 5.21. The number of aryl methyl sites for hydroxylation is 2. The highest BCUT2D eigenvalue weighted by atomic mass is 16.7. The summed E-state index contributed by atoms with van der Waals surface area (Å²) in [5, 5.41) is 0. The third-order valence-corrected chi connectivity index (χ3v) is 1.99. The molecule has 1 aromatic carbocycles. The van der Waals surface area contributed by atoms with Gasteiger partial charge in [0.25, 0.3) is 0 Å². The van der Waals surface area contributed by atoms with Crippen molar-refractivity contribution in [3.8, 4) is 11.5 Å². The topological polar surface area (TPSA) is 18.5 Å². The molecule has 0 aliphatic carbocycles. The van der Waals surface area contributed by atoms with Gasteiger partial charge in [-0.1, -0.05) is 0 Å². The SMILES string of the molecule is Cc1cc2c(cc1C)OCO2. The van der Waals surface area contributed by atoms with Gasteiger partial charge in [0.1, 0.15) is 0 Å². The van der Waals surface area contributed by atoms with E-state index in [1.807, 2.05) is 12.1 Å². The van der Waals surface area contributed by atoms with E-state index in [0.717, 1.165) is 11.5 Å². The summed E-state index contributed by atoms with van der Waals surface area (Å²) in [5.41, 5.74) is 2.49. The van der Waals surface area contributed by atoms with E-state index in [1.54, 1.807) is 0 Å². The van der Waals surface area contributed by atoms with Crippen LogP contribution in [0.2, 0.25) is 0 Å². The molecule has 1 aliphatic rings. The molecule has 0 atom stereocenters. The highest BCUT2D eigenvalue weighted by Crippen LogP contribution is 2.33. The maximum Gasteiger partial charge on any atom is 0.231 e. The van der Waals surface area contributed by atoms with Gasteiger partial charge in [0.2, 0.25) is 6.79 Å². The fraction of sp³-hybridized carbons (Fsp3) is 0.333. The second-order valence-electron chi connectivity index (χ2n) is 2.79. The summed E-state index contributed by atoms with van der Waals surface area (Å²) in [6.07, 6.45) is 0. The molecule has 58 valence electrons. The summed E-state index contributed by atoms with van der Waals surface area (Å²) < 4.78 is 10.4. The largest absolute Gasteiger partial charge is 0.454 e. The highest BCUT2D eigenvalue weighted by molar-refractivity contribution is 5.47. The van der Waals surface area contributed by atoms with Crippen molar-refractivity contribution in [1.82, 2.24) is 0 Å². The minimum absolute atomic E-state index is 0.359. The van der Waals surface area contributed by atoms with Crippen LogP contribution in [0.3, 0.4) is 0 Å². The predicted octanol–water partition coefficient (Wildman–Crippen LogP) is 2.03. The van der Waals surface area contributed by atoms with Crippen LogP contribution >= 0.6 is 0 Å². The summed E-state index contributed by atoms with van der Waals surface area (Å²) in [6, 6.07) is 4.02. The van der Waals surface area contributed by atoms with Crippen molar-refractivity contribution in [2.45, 2.75) is 13.8 Å². The molecular formula is C9H10O2. The molecule has 11 heavy (non-hydrogen) atoms. The van der Waals surface area contributed by atoms with Crippen molar-refractivity contribution in [2.24, 2.45) is 0 Å². The van der Waals surface area contributed by atoms with E-state index in [2.05, 4.69) is 13.8 Å². The van der Waals surface area contributed by atoms with Crippen molar-refractivity contribution in [1.29, 1.82) is 0 Å². The zero-order chi connectivity index (χ0) is 7.84. The fourth-order valence-electron chi connectivity index (χ4n) is 1.15. The lowest BCUT2D eigenvalue weighted by Gasteiger charge is -2.00. The molecule has 0 saturated heterocycles. The van der Waals surface area contributed by atoms with E-state index >= 15 is 0 Å². The lowest BCUT2D eigenvalue weighted by atomic mass is 10.1. The number of hydrogen-bond donors (Lipinski definition) is 0. The summed E-state index contributed by atoms with van der Waals surface area (Å²) >= 11 is 0. The Morgan fingerprint density at radius 2 is 1.45 bits per heavy atom. The molecule has 2 rings (SSSR count). The van der Waals surface area contributed by atoms with Crippen LogP contribution in [0.4, 0.5) is 0 Å². The molecule has 0 N–H and O–H groups in total. The smallest absolute Gasteiger partial charge is 0.231 e. The van der Waals surface area contributed by atoms with Crippen LogP contribution in [0, 0.1) is 13.8 Å². The Bertz CT molecular complexity index is 263. The number of hydrogen-bond acceptors (Lipinski definition) is 2. The summed E-state index contributed by atoms with van der Waals surface area (Å²) in [6.45, 7) is 4.49. The minimum atomic E-state index is 0.359. The number of fused-ring (bicyclic) bond motifs is 1. The molecule has 0 aromatic heterocycles. The van der Waals surface area contributed by atoms with Crippen LogP contribution in [0.15, 0.2) is 12.1 Å². The number of benzene rings is 1. The van der Waals surface area contributed by atoms with E-state index in [9.17, 15) is 0 Å². The first kappa shape index (κ1) is 6.53. The molecule has 2 nitrogen and oxygen atoms in total. The van der Waals surface area contributed by atoms with Gasteiger partial charge in [-0.3, -0.25) is 0 Å². The van der Waals surface area contributed by atoms with Gasteiger partial charge >= 0.3 is 0 Å². The fourth-order valence-corrected chi connectivity index (χ4v) is 1.15. The van der Waals surface area contributed by atoms with Crippen LogP contribution in [0.1, 0.15) is 11.1 Å². The molecule has 0 amide bonds. The van der Waals surface area contributed by atoms with Crippen LogP contribution < -0.4 is 9.47 Å². The van der Waals surface area contributed by atoms with Gasteiger partial charge in [-0.2, -0.15) is 0 Å². The van der Waals surface area contributed by atoms with E-state index in [1.165, 1.54) is 11.1 Å². The van der Waals surface area contributed by atoms with Gasteiger partial charge in [-0.15, -0.1) is 0 Å². The second kappa shape index (κ2) is 2.16. The minimum Gasteiger partial charge on any atom is -0.454 e. The zero-order valence-corrected chi connectivity index (χ0v) is 6.68. The lowest BCUT2D eigenvalue weighted by molar-refractivity contribution is 0.174. The van der Waals surface area contributed by atoms with Crippen LogP contribution in [0.25, 0.3) is 0 Å². The Balaban J connectivity index is 2.57. The summed E-state index contributed by atoms with van der Waals surface area (Å²) in [4.78, 5) is 0. The van der Waals surface area contributed by atoms with Crippen LogP contribution in [-0.2, 0) is 0 Å². The molecule has 1 heterocycles. The van der Waals surface area contributed by atoms with Gasteiger partial charge < -0.3 is 9.47 Å². The molecule has 2 heteroatoms. The molecule has 0 fully saturated rings. The van der Waals surface area contributed by atoms with Crippen molar-refractivity contribution < 1.29 is 9.47 Å². The monoisotopic (exact) mass is 150 g/mol. The standard InChI is InChI=1S/C9H10O2/c1-6-3-8-9(4-7(6)2)11-5-10-8/h3-4H,5H2,1-2H3. The van der Waals surface area contributed by atoms with Gasteiger partial charge in [0.15, 0.2) is 11.5 Å². The average Bonchev–Trinajstić information content (AvgIpc) is 2.36. The van der Waals surface area contributed by atoms with E-state index in [-0.39, 0.29) is 0 Å². The lowest BCUT2D eigenvalue weighted by Crippen LogP contribution is -1.92. The van der Waals surface area contributed by atoms with Crippen LogP contribution in [-0.4, -0.2) is 6.79 Å². The third-order valence-electron chi connectivity index (χ3n) is 1.99. The first-order valence-electron chi connectivity index (χ1n) is 3.64. The van der Waals surface area contributed by atoms with Crippen molar-refractivity contribution in [2.75, 3.05) is 6.79 Å². The highest BCUT2D eigenvalue weighted by Gasteiger charge is 2.13. The summed E-state index contributed by atoms with van der Waals surface area (Å²) in [7, 11) is 0. The Labute approximate surface area is 65.7 Å². The van der Waals surface area contributed by atoms with E-state index < -0.39 is 0 Å². The molecule has 0 radical (unpaired) electrons. The van der Waals surface area contributed by atoms with Crippen molar-refractivity contribution >= 4 is 0 Å². The third kappa shape index (κ3) is 0.946. The first-order valence-corrected chi connectivity index (χ1v) is 3.64.